The van der Waals surface area contributed by atoms with E-state index in [4.69, 9.17) is 16.3 Å². The van der Waals surface area contributed by atoms with Gasteiger partial charge < -0.3 is 15.4 Å². The molecule has 0 spiro atoms. The number of rotatable bonds is 5. The highest BCUT2D eigenvalue weighted by Crippen LogP contribution is 2.21. The van der Waals surface area contributed by atoms with Gasteiger partial charge in [0.2, 0.25) is 5.91 Å². The van der Waals surface area contributed by atoms with Crippen LogP contribution in [0.4, 0.5) is 11.4 Å². The summed E-state index contributed by atoms with van der Waals surface area (Å²) in [5.41, 5.74) is 11.2. The molecule has 8 heteroatoms. The number of benzene rings is 2. The molecule has 1 fully saturated rings. The molecule has 1 aliphatic heterocycles. The van der Waals surface area contributed by atoms with Crippen molar-refractivity contribution in [1.29, 1.82) is 0 Å². The molecule has 7 nitrogen and oxygen atoms in total. The molecular formula is C17H20ClN5O2. The molecule has 1 heterocycles. The van der Waals surface area contributed by atoms with Gasteiger partial charge in [-0.3, -0.25) is 4.79 Å². The molecule has 0 radical (unpaired) electrons. The molecule has 3 rings (SSSR count). The normalized spacial score (nSPS) is 19.5. The van der Waals surface area contributed by atoms with Gasteiger partial charge in [-0.2, -0.15) is 5.53 Å². The highest BCUT2D eigenvalue weighted by Gasteiger charge is 2.33. The largest absolute Gasteiger partial charge is 0.497 e. The molecular weight excluding hydrogens is 342 g/mol. The number of hydrazine groups is 2. The fraction of sp³-hybridized carbons (Fsp3) is 0.235. The predicted octanol–water partition coefficient (Wildman–Crippen LogP) is 2.01. The van der Waals surface area contributed by atoms with E-state index in [9.17, 15) is 4.79 Å². The van der Waals surface area contributed by atoms with Gasteiger partial charge in [-0.15, -0.1) is 0 Å². The van der Waals surface area contributed by atoms with E-state index in [1.165, 1.54) is 0 Å². The fourth-order valence-corrected chi connectivity index (χ4v) is 2.68. The van der Waals surface area contributed by atoms with Crippen LogP contribution in [0.3, 0.4) is 0 Å². The monoisotopic (exact) mass is 361 g/mol. The van der Waals surface area contributed by atoms with Gasteiger partial charge in [0.25, 0.3) is 0 Å². The minimum atomic E-state index is -0.527. The summed E-state index contributed by atoms with van der Waals surface area (Å²) >= 11 is 6.01. The number of hydrogen-bond acceptors (Lipinski definition) is 6. The average Bonchev–Trinajstić information content (AvgIpc) is 3.07. The number of anilines is 2. The van der Waals surface area contributed by atoms with Gasteiger partial charge >= 0.3 is 0 Å². The lowest BCUT2D eigenvalue weighted by atomic mass is 10.1. The van der Waals surface area contributed by atoms with Crippen LogP contribution in [0.2, 0.25) is 5.02 Å². The quantitative estimate of drug-likeness (QED) is 0.560. The summed E-state index contributed by atoms with van der Waals surface area (Å²) in [6.45, 7) is 1.91. The zero-order valence-corrected chi connectivity index (χ0v) is 14.6. The molecule has 1 amide bonds. The number of carbonyl (C=O) groups is 1. The van der Waals surface area contributed by atoms with E-state index in [1.54, 1.807) is 19.2 Å². The summed E-state index contributed by atoms with van der Waals surface area (Å²) in [4.78, 5) is 12.6. The van der Waals surface area contributed by atoms with Crippen LogP contribution in [0.15, 0.2) is 42.5 Å². The van der Waals surface area contributed by atoms with Gasteiger partial charge in [0.05, 0.1) is 7.11 Å². The van der Waals surface area contributed by atoms with E-state index >= 15 is 0 Å². The van der Waals surface area contributed by atoms with Crippen LogP contribution in [-0.2, 0) is 4.79 Å². The van der Waals surface area contributed by atoms with Crippen LogP contribution in [0.1, 0.15) is 5.56 Å². The molecule has 0 saturated carbocycles. The molecule has 2 aromatic rings. The Morgan fingerprint density at radius 2 is 1.92 bits per heavy atom. The summed E-state index contributed by atoms with van der Waals surface area (Å²) in [5.74, 6) is 0.584. The van der Waals surface area contributed by atoms with E-state index in [0.29, 0.717) is 10.7 Å². The second kappa shape index (κ2) is 7.71. The van der Waals surface area contributed by atoms with E-state index in [2.05, 4.69) is 27.0 Å². The smallest absolute Gasteiger partial charge is 0.246 e. The molecule has 1 aliphatic rings. The summed E-state index contributed by atoms with van der Waals surface area (Å²) in [6.07, 6.45) is -0.340. The van der Waals surface area contributed by atoms with Gasteiger partial charge in [-0.05, 0) is 48.9 Å². The number of amides is 1. The second-order valence-electron chi connectivity index (χ2n) is 5.69. The maximum absolute atomic E-state index is 12.6. The number of halogens is 1. The van der Waals surface area contributed by atoms with Crippen molar-refractivity contribution in [2.45, 2.75) is 19.1 Å². The molecule has 2 aromatic carbocycles. The number of aryl methyl sites for hydroxylation is 1. The van der Waals surface area contributed by atoms with Crippen LogP contribution in [0.25, 0.3) is 0 Å². The SMILES string of the molecule is COc1ccc(NC2NNNC2C(=O)Nc2cc(Cl)ccc2C)cc1. The van der Waals surface area contributed by atoms with Crippen molar-refractivity contribution in [2.24, 2.45) is 0 Å². The fourth-order valence-electron chi connectivity index (χ4n) is 2.51. The van der Waals surface area contributed by atoms with Gasteiger partial charge in [0.15, 0.2) is 0 Å². The van der Waals surface area contributed by atoms with Crippen LogP contribution in [0.5, 0.6) is 5.75 Å². The van der Waals surface area contributed by atoms with Gasteiger partial charge in [0.1, 0.15) is 18.0 Å². The van der Waals surface area contributed by atoms with Crippen molar-refractivity contribution in [3.8, 4) is 5.75 Å². The first-order valence-electron chi connectivity index (χ1n) is 7.80. The van der Waals surface area contributed by atoms with Crippen LogP contribution >= 0.6 is 11.6 Å². The maximum Gasteiger partial charge on any atom is 0.246 e. The standard InChI is InChI=1S/C17H20ClN5O2/c1-10-3-4-11(18)9-14(10)20-17(24)15-16(22-23-21-15)19-12-5-7-13(25-2)8-6-12/h3-9,15-16,19,21-23H,1-2H3,(H,20,24). The van der Waals surface area contributed by atoms with Gasteiger partial charge in [-0.1, -0.05) is 17.7 Å². The molecule has 132 valence electrons. The third kappa shape index (κ3) is 4.21. The number of methoxy groups -OCH3 is 1. The van der Waals surface area contributed by atoms with E-state index < -0.39 is 6.04 Å². The minimum absolute atomic E-state index is 0.186. The molecule has 0 aliphatic carbocycles. The maximum atomic E-state index is 12.6. The second-order valence-corrected chi connectivity index (χ2v) is 6.13. The lowest BCUT2D eigenvalue weighted by molar-refractivity contribution is -0.118. The summed E-state index contributed by atoms with van der Waals surface area (Å²) < 4.78 is 5.14. The molecule has 1 saturated heterocycles. The Morgan fingerprint density at radius 1 is 1.16 bits per heavy atom. The first-order chi connectivity index (χ1) is 12.1. The Morgan fingerprint density at radius 3 is 2.64 bits per heavy atom. The number of ether oxygens (including phenoxy) is 1. The first kappa shape index (κ1) is 17.5. The zero-order chi connectivity index (χ0) is 17.8. The third-order valence-electron chi connectivity index (χ3n) is 3.94. The average molecular weight is 362 g/mol. The third-order valence-corrected chi connectivity index (χ3v) is 4.18. The molecule has 2 atom stereocenters. The van der Waals surface area contributed by atoms with Crippen molar-refractivity contribution in [2.75, 3.05) is 17.7 Å². The van der Waals surface area contributed by atoms with E-state index in [1.807, 2.05) is 37.3 Å². The first-order valence-corrected chi connectivity index (χ1v) is 8.18. The lowest BCUT2D eigenvalue weighted by Gasteiger charge is -2.20. The Labute approximate surface area is 151 Å². The van der Waals surface area contributed by atoms with Crippen molar-refractivity contribution in [3.05, 3.63) is 53.1 Å². The van der Waals surface area contributed by atoms with Crippen molar-refractivity contribution in [3.63, 3.8) is 0 Å². The Balaban J connectivity index is 1.67. The van der Waals surface area contributed by atoms with Crippen LogP contribution in [0, 0.1) is 6.92 Å². The molecule has 0 aromatic heterocycles. The topological polar surface area (TPSA) is 86.5 Å². The molecule has 0 bridgehead atoms. The summed E-state index contributed by atoms with van der Waals surface area (Å²) in [6, 6.07) is 12.3. The molecule has 5 N–H and O–H groups in total. The Bertz CT molecular complexity index is 753. The zero-order valence-electron chi connectivity index (χ0n) is 13.9. The van der Waals surface area contributed by atoms with Gasteiger partial charge in [0, 0.05) is 16.4 Å². The number of nitrogens with one attached hydrogen (secondary N) is 5. The van der Waals surface area contributed by atoms with Gasteiger partial charge in [-0.25, -0.2) is 10.9 Å². The molecule has 25 heavy (non-hydrogen) atoms. The highest BCUT2D eigenvalue weighted by atomic mass is 35.5. The highest BCUT2D eigenvalue weighted by molar-refractivity contribution is 6.31. The number of carbonyl (C=O) groups excluding carboxylic acids is 1. The lowest BCUT2D eigenvalue weighted by Crippen LogP contribution is -2.48. The summed E-state index contributed by atoms with van der Waals surface area (Å²) in [5, 5.41) is 6.73. The summed E-state index contributed by atoms with van der Waals surface area (Å²) in [7, 11) is 1.62. The molecule has 2 unspecified atom stereocenters. The van der Waals surface area contributed by atoms with Crippen molar-refractivity contribution >= 4 is 28.9 Å². The van der Waals surface area contributed by atoms with Crippen molar-refractivity contribution in [1.82, 2.24) is 16.4 Å². The number of hydrogen-bond donors (Lipinski definition) is 5. The van der Waals surface area contributed by atoms with E-state index in [-0.39, 0.29) is 12.1 Å². The predicted molar refractivity (Wildman–Crippen MR) is 98.4 cm³/mol. The van der Waals surface area contributed by atoms with Crippen LogP contribution < -0.4 is 31.8 Å². The van der Waals surface area contributed by atoms with Crippen molar-refractivity contribution < 1.29 is 9.53 Å². The Hall–Kier alpha value is -2.32. The van der Waals surface area contributed by atoms with Crippen LogP contribution in [-0.4, -0.2) is 25.2 Å². The minimum Gasteiger partial charge on any atom is -0.497 e. The Kier molecular flexibility index (Phi) is 5.40. The van der Waals surface area contributed by atoms with E-state index in [0.717, 1.165) is 17.0 Å².